The number of nitrogen functional groups attached to an aromatic ring is 1. The second-order valence-electron chi connectivity index (χ2n) is 4.89. The van der Waals surface area contributed by atoms with Crippen LogP contribution in [0.3, 0.4) is 0 Å². The number of carbonyl (C=O) groups excluding carboxylic acids is 1. The van der Waals surface area contributed by atoms with Crippen LogP contribution in [0.15, 0.2) is 36.4 Å². The van der Waals surface area contributed by atoms with Gasteiger partial charge in [-0.3, -0.25) is 14.9 Å². The molecule has 8 heteroatoms. The third kappa shape index (κ3) is 3.60. The van der Waals surface area contributed by atoms with Crippen molar-refractivity contribution in [2.75, 3.05) is 5.73 Å². The fourth-order valence-electron chi connectivity index (χ4n) is 2.05. The molecular formula is C15H13F2N3O3. The molecule has 6 nitrogen and oxygen atoms in total. The summed E-state index contributed by atoms with van der Waals surface area (Å²) < 4.78 is 26.6. The molecule has 0 fully saturated rings. The molecule has 0 spiro atoms. The lowest BCUT2D eigenvalue weighted by Gasteiger charge is -2.15. The maximum Gasteiger partial charge on any atom is 0.292 e. The number of carbonyl (C=O) groups is 1. The van der Waals surface area contributed by atoms with Crippen molar-refractivity contribution in [1.82, 2.24) is 5.32 Å². The van der Waals surface area contributed by atoms with E-state index in [1.165, 1.54) is 25.1 Å². The predicted octanol–water partition coefficient (Wildman–Crippen LogP) is 2.95. The molecule has 1 atom stereocenters. The van der Waals surface area contributed by atoms with Crippen molar-refractivity contribution in [1.29, 1.82) is 0 Å². The minimum Gasteiger partial charge on any atom is -0.393 e. The Kier molecular flexibility index (Phi) is 4.54. The summed E-state index contributed by atoms with van der Waals surface area (Å²) in [5.41, 5.74) is 5.12. The van der Waals surface area contributed by atoms with Gasteiger partial charge in [-0.15, -0.1) is 0 Å². The van der Waals surface area contributed by atoms with Crippen LogP contribution < -0.4 is 11.1 Å². The third-order valence-electron chi connectivity index (χ3n) is 3.27. The number of benzene rings is 2. The van der Waals surface area contributed by atoms with Gasteiger partial charge in [0.15, 0.2) is 0 Å². The van der Waals surface area contributed by atoms with Gasteiger partial charge < -0.3 is 11.1 Å². The van der Waals surface area contributed by atoms with E-state index < -0.39 is 34.2 Å². The number of nitrogens with zero attached hydrogens (tertiary/aromatic N) is 1. The van der Waals surface area contributed by atoms with Gasteiger partial charge in [0, 0.05) is 23.3 Å². The van der Waals surface area contributed by atoms with E-state index in [9.17, 15) is 23.7 Å². The monoisotopic (exact) mass is 321 g/mol. The Labute approximate surface area is 130 Å². The molecule has 0 aliphatic heterocycles. The molecule has 0 bridgehead atoms. The maximum atomic E-state index is 13.7. The van der Waals surface area contributed by atoms with Gasteiger partial charge in [-0.05, 0) is 25.1 Å². The highest BCUT2D eigenvalue weighted by molar-refractivity contribution is 5.95. The molecule has 3 N–H and O–H groups in total. The first kappa shape index (κ1) is 16.3. The van der Waals surface area contributed by atoms with E-state index in [2.05, 4.69) is 5.32 Å². The lowest BCUT2D eigenvalue weighted by molar-refractivity contribution is -0.383. The van der Waals surface area contributed by atoms with Crippen molar-refractivity contribution in [3.63, 3.8) is 0 Å². The van der Waals surface area contributed by atoms with E-state index in [1.54, 1.807) is 0 Å². The molecule has 2 aromatic rings. The minimum absolute atomic E-state index is 0.0141. The highest BCUT2D eigenvalue weighted by Gasteiger charge is 2.19. The van der Waals surface area contributed by atoms with Crippen LogP contribution in [0.1, 0.15) is 28.9 Å². The third-order valence-corrected chi connectivity index (χ3v) is 3.27. The van der Waals surface area contributed by atoms with Crippen LogP contribution in [-0.4, -0.2) is 10.8 Å². The molecule has 0 saturated heterocycles. The number of rotatable bonds is 4. The van der Waals surface area contributed by atoms with Crippen molar-refractivity contribution < 1.29 is 18.5 Å². The SMILES string of the molecule is C[C@H](NC(=O)c1ccc(N)c([N+](=O)[O-])c1)c1ccc(F)cc1F. The zero-order valence-corrected chi connectivity index (χ0v) is 12.0. The molecule has 1 amide bonds. The molecule has 0 radical (unpaired) electrons. The summed E-state index contributed by atoms with van der Waals surface area (Å²) in [6, 6.07) is 5.88. The number of amides is 1. The first-order valence-electron chi connectivity index (χ1n) is 6.59. The van der Waals surface area contributed by atoms with Gasteiger partial charge in [0.1, 0.15) is 17.3 Å². The molecule has 0 heterocycles. The molecule has 2 rings (SSSR count). The van der Waals surface area contributed by atoms with Crippen LogP contribution in [0.5, 0.6) is 0 Å². The van der Waals surface area contributed by atoms with Gasteiger partial charge in [0.25, 0.3) is 11.6 Å². The van der Waals surface area contributed by atoms with Crippen LogP contribution in [0.2, 0.25) is 0 Å². The Morgan fingerprint density at radius 1 is 1.26 bits per heavy atom. The predicted molar refractivity (Wildman–Crippen MR) is 79.7 cm³/mol. The van der Waals surface area contributed by atoms with E-state index in [1.807, 2.05) is 0 Å². The van der Waals surface area contributed by atoms with Crippen LogP contribution in [0.25, 0.3) is 0 Å². The Morgan fingerprint density at radius 3 is 2.57 bits per heavy atom. The smallest absolute Gasteiger partial charge is 0.292 e. The summed E-state index contributed by atoms with van der Waals surface area (Å²) in [5, 5.41) is 13.3. The number of nitro benzene ring substituents is 1. The minimum atomic E-state index is -0.791. The summed E-state index contributed by atoms with van der Waals surface area (Å²) in [7, 11) is 0. The fourth-order valence-corrected chi connectivity index (χ4v) is 2.05. The maximum absolute atomic E-state index is 13.7. The second kappa shape index (κ2) is 6.39. The molecule has 0 aromatic heterocycles. The van der Waals surface area contributed by atoms with Crippen LogP contribution >= 0.6 is 0 Å². The molecule has 2 aromatic carbocycles. The Hall–Kier alpha value is -3.03. The number of anilines is 1. The number of hydrogen-bond acceptors (Lipinski definition) is 4. The topological polar surface area (TPSA) is 98.3 Å². The van der Waals surface area contributed by atoms with Gasteiger partial charge in [-0.1, -0.05) is 6.07 Å². The molecule has 0 unspecified atom stereocenters. The summed E-state index contributed by atoms with van der Waals surface area (Å²) >= 11 is 0. The molecule has 120 valence electrons. The molecule has 0 aliphatic rings. The first-order chi connectivity index (χ1) is 10.8. The van der Waals surface area contributed by atoms with Crippen LogP contribution in [0, 0.1) is 21.7 Å². The van der Waals surface area contributed by atoms with Gasteiger partial charge in [-0.25, -0.2) is 8.78 Å². The number of nitrogens with two attached hydrogens (primary N) is 1. The van der Waals surface area contributed by atoms with Crippen molar-refractivity contribution in [3.05, 3.63) is 69.3 Å². The van der Waals surface area contributed by atoms with Gasteiger partial charge in [0.05, 0.1) is 11.0 Å². The second-order valence-corrected chi connectivity index (χ2v) is 4.89. The Morgan fingerprint density at radius 2 is 1.96 bits per heavy atom. The summed E-state index contributed by atoms with van der Waals surface area (Å²) in [6.07, 6.45) is 0. The summed E-state index contributed by atoms with van der Waals surface area (Å²) in [4.78, 5) is 22.2. The fraction of sp³-hybridized carbons (Fsp3) is 0.133. The molecule has 0 aliphatic carbocycles. The van der Waals surface area contributed by atoms with Gasteiger partial charge in [-0.2, -0.15) is 0 Å². The van der Waals surface area contributed by atoms with Crippen molar-refractivity contribution in [2.24, 2.45) is 0 Å². The zero-order valence-electron chi connectivity index (χ0n) is 12.0. The average Bonchev–Trinajstić information content (AvgIpc) is 2.46. The lowest BCUT2D eigenvalue weighted by atomic mass is 10.1. The quantitative estimate of drug-likeness (QED) is 0.514. The summed E-state index contributed by atoms with van der Waals surface area (Å²) in [5.74, 6) is -2.15. The number of hydrogen-bond donors (Lipinski definition) is 2. The van der Waals surface area contributed by atoms with E-state index in [-0.39, 0.29) is 16.8 Å². The number of nitro groups is 1. The Bertz CT molecular complexity index is 781. The van der Waals surface area contributed by atoms with Crippen LogP contribution in [-0.2, 0) is 0 Å². The standard InChI is InChI=1S/C15H13F2N3O3/c1-8(11-4-3-10(16)7-12(11)17)19-15(21)9-2-5-13(18)14(6-9)20(22)23/h2-8H,18H2,1H3,(H,19,21)/t8-/m0/s1. The van der Waals surface area contributed by atoms with Gasteiger partial charge >= 0.3 is 0 Å². The van der Waals surface area contributed by atoms with Gasteiger partial charge in [0.2, 0.25) is 0 Å². The molecular weight excluding hydrogens is 308 g/mol. The first-order valence-corrected chi connectivity index (χ1v) is 6.59. The number of halogens is 2. The van der Waals surface area contributed by atoms with E-state index in [0.717, 1.165) is 12.1 Å². The highest BCUT2D eigenvalue weighted by atomic mass is 19.1. The summed E-state index contributed by atoms with van der Waals surface area (Å²) in [6.45, 7) is 1.51. The van der Waals surface area contributed by atoms with E-state index in [0.29, 0.717) is 6.07 Å². The van der Waals surface area contributed by atoms with E-state index >= 15 is 0 Å². The van der Waals surface area contributed by atoms with Crippen molar-refractivity contribution >= 4 is 17.3 Å². The lowest BCUT2D eigenvalue weighted by Crippen LogP contribution is -2.27. The largest absolute Gasteiger partial charge is 0.393 e. The average molecular weight is 321 g/mol. The molecule has 23 heavy (non-hydrogen) atoms. The normalized spacial score (nSPS) is 11.8. The molecule has 0 saturated carbocycles. The van der Waals surface area contributed by atoms with Crippen molar-refractivity contribution in [2.45, 2.75) is 13.0 Å². The highest BCUT2D eigenvalue weighted by Crippen LogP contribution is 2.23. The van der Waals surface area contributed by atoms with E-state index in [4.69, 9.17) is 5.73 Å². The zero-order chi connectivity index (χ0) is 17.1. The number of nitrogens with one attached hydrogen (secondary N) is 1. The van der Waals surface area contributed by atoms with Crippen LogP contribution in [0.4, 0.5) is 20.2 Å². The van der Waals surface area contributed by atoms with Crippen molar-refractivity contribution in [3.8, 4) is 0 Å². The Balaban J connectivity index is 2.21.